The highest BCUT2D eigenvalue weighted by atomic mass is 32.2. The summed E-state index contributed by atoms with van der Waals surface area (Å²) in [5.41, 5.74) is -0.579. The molecule has 0 aromatic carbocycles. The number of carbonyl (C=O) groups excluding carboxylic acids is 1. The molecule has 1 N–H and O–H groups in total. The summed E-state index contributed by atoms with van der Waals surface area (Å²) in [4.78, 5) is 25.6. The molecular weight excluding hydrogens is 314 g/mol. The molecule has 22 heavy (non-hydrogen) atoms. The quantitative estimate of drug-likeness (QED) is 0.563. The van der Waals surface area contributed by atoms with E-state index in [4.69, 9.17) is 4.11 Å². The highest BCUT2D eigenvalue weighted by Gasteiger charge is 2.29. The maximum atomic E-state index is 12.0. The minimum absolute atomic E-state index is 0.0233. The van der Waals surface area contributed by atoms with Crippen molar-refractivity contribution in [1.82, 2.24) is 9.71 Å². The Morgan fingerprint density at radius 2 is 2.32 bits per heavy atom. The molecule has 1 amide bonds. The number of nitro groups is 1. The molecule has 0 bridgehead atoms. The fraction of sp³-hybridized carbons (Fsp3) is 0.500. The summed E-state index contributed by atoms with van der Waals surface area (Å²) >= 11 is 0. The molecule has 0 saturated heterocycles. The number of ether oxygens (including phenoxy) is 1. The Hall–Kier alpha value is -2.23. The van der Waals surface area contributed by atoms with Crippen LogP contribution in [0.15, 0.2) is 12.1 Å². The number of aromatic nitrogens is 1. The maximum Gasteiger partial charge on any atom is 0.283 e. The van der Waals surface area contributed by atoms with Crippen LogP contribution < -0.4 is 9.46 Å². The number of pyridine rings is 1. The number of sulfonamides is 1. The lowest BCUT2D eigenvalue weighted by Gasteiger charge is -2.08. The van der Waals surface area contributed by atoms with Crippen LogP contribution in [-0.4, -0.2) is 37.0 Å². The first-order valence-electron chi connectivity index (χ1n) is 7.81. The third-order valence-electron chi connectivity index (χ3n) is 2.97. The Morgan fingerprint density at radius 1 is 1.59 bits per heavy atom. The second-order valence-electron chi connectivity index (χ2n) is 4.91. The highest BCUT2D eigenvalue weighted by Crippen LogP contribution is 2.30. The van der Waals surface area contributed by atoms with Gasteiger partial charge >= 0.3 is 0 Å². The van der Waals surface area contributed by atoms with E-state index in [1.54, 1.807) is 0 Å². The first-order valence-corrected chi connectivity index (χ1v) is 7.96. The number of nitrogens with one attached hydrogen (secondary N) is 1. The Bertz CT molecular complexity index is 792. The van der Waals surface area contributed by atoms with Crippen molar-refractivity contribution in [3.8, 4) is 5.88 Å². The Balaban J connectivity index is 2.23. The van der Waals surface area contributed by atoms with Gasteiger partial charge in [-0.2, -0.15) is 0 Å². The molecule has 0 atom stereocenters. The Kier molecular flexibility index (Phi) is 3.51. The van der Waals surface area contributed by atoms with E-state index in [2.05, 4.69) is 9.72 Å². The second-order valence-corrected chi connectivity index (χ2v) is 6.68. The lowest BCUT2D eigenvalue weighted by molar-refractivity contribution is -0.497. The normalized spacial score (nSPS) is 17.0. The van der Waals surface area contributed by atoms with Crippen molar-refractivity contribution in [2.24, 2.45) is 5.92 Å². The summed E-state index contributed by atoms with van der Waals surface area (Å²) in [7, 11) is -6.78. The molecule has 2 rings (SSSR count). The van der Waals surface area contributed by atoms with Gasteiger partial charge in [0, 0.05) is 4.92 Å². The standard InChI is InChI=1S/C12H15N3O6S/c1-21-12-9(6-15(17)18)4-5-10(13-12)11(16)14-22(19,20)7-8-2-3-8/h4-5,8H,2-3,6-7H2,1H3,(H,14,16)/i1D3. The molecule has 10 heteroatoms. The van der Waals surface area contributed by atoms with Crippen molar-refractivity contribution in [1.29, 1.82) is 0 Å². The summed E-state index contributed by atoms with van der Waals surface area (Å²) in [5, 5.41) is 10.6. The zero-order chi connectivity index (χ0) is 18.8. The van der Waals surface area contributed by atoms with Gasteiger partial charge in [-0.05, 0) is 30.9 Å². The van der Waals surface area contributed by atoms with Crippen molar-refractivity contribution in [3.05, 3.63) is 33.5 Å². The minimum Gasteiger partial charge on any atom is -0.481 e. The van der Waals surface area contributed by atoms with Gasteiger partial charge in [-0.1, -0.05) is 0 Å². The van der Waals surface area contributed by atoms with Crippen LogP contribution in [0.25, 0.3) is 0 Å². The number of amides is 1. The number of hydrogen-bond donors (Lipinski definition) is 1. The lowest BCUT2D eigenvalue weighted by atomic mass is 10.2. The van der Waals surface area contributed by atoms with Crippen LogP contribution in [0.4, 0.5) is 0 Å². The smallest absolute Gasteiger partial charge is 0.283 e. The third kappa shape index (κ3) is 4.38. The topological polar surface area (TPSA) is 128 Å². The van der Waals surface area contributed by atoms with Crippen LogP contribution in [0, 0.1) is 16.0 Å². The zero-order valence-electron chi connectivity index (χ0n) is 14.3. The summed E-state index contributed by atoms with van der Waals surface area (Å²) in [5.74, 6) is -1.85. The van der Waals surface area contributed by atoms with E-state index >= 15 is 0 Å². The SMILES string of the molecule is [2H]C([2H])([2H])Oc1nc(C(=O)NS(=O)(=O)CC2CC2)ccc1C[N+](=O)[O-]. The van der Waals surface area contributed by atoms with Crippen LogP contribution in [0.3, 0.4) is 0 Å². The van der Waals surface area contributed by atoms with Gasteiger partial charge in [0.25, 0.3) is 5.91 Å². The summed E-state index contributed by atoms with van der Waals surface area (Å²) < 4.78 is 51.2. The number of hydrogen-bond acceptors (Lipinski definition) is 7. The summed E-state index contributed by atoms with van der Waals surface area (Å²) in [6, 6.07) is 2.16. The molecular formula is C12H15N3O6S. The van der Waals surface area contributed by atoms with Crippen LogP contribution >= 0.6 is 0 Å². The molecule has 1 aliphatic rings. The van der Waals surface area contributed by atoms with Gasteiger partial charge < -0.3 is 4.74 Å². The molecule has 0 radical (unpaired) electrons. The molecule has 0 spiro atoms. The van der Waals surface area contributed by atoms with Gasteiger partial charge in [0.05, 0.1) is 22.5 Å². The average Bonchev–Trinajstić information content (AvgIpc) is 3.21. The lowest BCUT2D eigenvalue weighted by Crippen LogP contribution is -2.33. The number of nitrogens with zero attached hydrogens (tertiary/aromatic N) is 2. The molecule has 9 nitrogen and oxygen atoms in total. The highest BCUT2D eigenvalue weighted by molar-refractivity contribution is 7.90. The number of rotatable bonds is 7. The summed E-state index contributed by atoms with van der Waals surface area (Å²) in [6.07, 6.45) is 1.55. The van der Waals surface area contributed by atoms with Crippen molar-refractivity contribution < 1.29 is 27.0 Å². The molecule has 1 aromatic rings. The molecule has 1 heterocycles. The zero-order valence-corrected chi connectivity index (χ0v) is 12.1. The van der Waals surface area contributed by atoms with E-state index in [0.29, 0.717) is 0 Å². The average molecular weight is 332 g/mol. The monoisotopic (exact) mass is 332 g/mol. The van der Waals surface area contributed by atoms with E-state index in [-0.39, 0.29) is 17.2 Å². The van der Waals surface area contributed by atoms with Gasteiger partial charge in [0.1, 0.15) is 5.69 Å². The fourth-order valence-electron chi connectivity index (χ4n) is 1.77. The predicted octanol–water partition coefficient (Wildman–Crippen LogP) is 0.336. The second kappa shape index (κ2) is 6.26. The Labute approximate surface area is 131 Å². The van der Waals surface area contributed by atoms with E-state index in [1.807, 2.05) is 4.72 Å². The van der Waals surface area contributed by atoms with E-state index in [9.17, 15) is 23.3 Å². The molecule has 120 valence electrons. The van der Waals surface area contributed by atoms with Gasteiger partial charge in [-0.25, -0.2) is 18.1 Å². The molecule has 1 fully saturated rings. The van der Waals surface area contributed by atoms with Crippen molar-refractivity contribution in [2.45, 2.75) is 19.4 Å². The first kappa shape index (κ1) is 12.3. The largest absolute Gasteiger partial charge is 0.481 e. The molecule has 0 unspecified atom stereocenters. The molecule has 1 aliphatic carbocycles. The van der Waals surface area contributed by atoms with Crippen LogP contribution in [-0.2, 0) is 16.6 Å². The van der Waals surface area contributed by atoms with Crippen LogP contribution in [0.2, 0.25) is 0 Å². The van der Waals surface area contributed by atoms with Crippen molar-refractivity contribution in [2.75, 3.05) is 12.8 Å². The molecule has 1 aromatic heterocycles. The first-order chi connectivity index (χ1) is 11.5. The fourth-order valence-corrected chi connectivity index (χ4v) is 3.20. The van der Waals surface area contributed by atoms with Gasteiger partial charge in [0.2, 0.25) is 22.4 Å². The Morgan fingerprint density at radius 3 is 2.91 bits per heavy atom. The number of carbonyl (C=O) groups is 1. The van der Waals surface area contributed by atoms with Crippen LogP contribution in [0.5, 0.6) is 5.88 Å². The third-order valence-corrected chi connectivity index (χ3v) is 4.37. The van der Waals surface area contributed by atoms with E-state index < -0.39 is 46.0 Å². The summed E-state index contributed by atoms with van der Waals surface area (Å²) in [6.45, 7) is -0.764. The van der Waals surface area contributed by atoms with Crippen LogP contribution in [0.1, 0.15) is 33.0 Å². The molecule has 1 saturated carbocycles. The van der Waals surface area contributed by atoms with Gasteiger partial charge in [-0.15, -0.1) is 0 Å². The number of methoxy groups -OCH3 is 1. The van der Waals surface area contributed by atoms with Crippen molar-refractivity contribution >= 4 is 15.9 Å². The van der Waals surface area contributed by atoms with Gasteiger partial charge in [0.15, 0.2) is 0 Å². The van der Waals surface area contributed by atoms with Gasteiger partial charge in [-0.3, -0.25) is 14.9 Å². The molecule has 0 aliphatic heterocycles. The van der Waals surface area contributed by atoms with Crippen molar-refractivity contribution in [3.63, 3.8) is 0 Å². The van der Waals surface area contributed by atoms with E-state index in [1.165, 1.54) is 0 Å². The predicted molar refractivity (Wildman–Crippen MR) is 75.5 cm³/mol. The minimum atomic E-state index is -3.84. The van der Waals surface area contributed by atoms with E-state index in [0.717, 1.165) is 25.0 Å². The maximum absolute atomic E-state index is 12.0.